The molecule has 1 aromatic rings. The van der Waals surface area contributed by atoms with Gasteiger partial charge in [0.25, 0.3) is 0 Å². The maximum Gasteiger partial charge on any atom is 0.325 e. The average Bonchev–Trinajstić information content (AvgIpc) is 2.44. The predicted octanol–water partition coefficient (Wildman–Crippen LogP) is 1.44. The zero-order valence-electron chi connectivity index (χ0n) is 12.5. The van der Waals surface area contributed by atoms with E-state index in [1.165, 1.54) is 0 Å². The van der Waals surface area contributed by atoms with Crippen LogP contribution in [0.1, 0.15) is 31.0 Å². The molecule has 0 aromatic heterocycles. The predicted molar refractivity (Wildman–Crippen MR) is 79.9 cm³/mol. The van der Waals surface area contributed by atoms with Crippen molar-refractivity contribution in [1.82, 2.24) is 10.2 Å². The molecule has 1 atom stereocenters. The van der Waals surface area contributed by atoms with Gasteiger partial charge in [-0.3, -0.25) is 14.5 Å². The lowest BCUT2D eigenvalue weighted by Gasteiger charge is -2.34. The van der Waals surface area contributed by atoms with Gasteiger partial charge in [-0.25, -0.2) is 0 Å². The minimum absolute atomic E-state index is 0.116. The fraction of sp³-hybridized carbons (Fsp3) is 0.500. The van der Waals surface area contributed by atoms with Gasteiger partial charge in [-0.05, 0) is 23.5 Å². The molecule has 2 rings (SSSR count). The van der Waals surface area contributed by atoms with Gasteiger partial charge >= 0.3 is 5.97 Å². The van der Waals surface area contributed by atoms with Gasteiger partial charge in [0.05, 0.1) is 6.54 Å². The van der Waals surface area contributed by atoms with Crippen molar-refractivity contribution in [2.45, 2.75) is 26.3 Å². The number of carboxylic acids is 1. The van der Waals surface area contributed by atoms with Crippen LogP contribution in [-0.2, 0) is 16.0 Å². The van der Waals surface area contributed by atoms with Gasteiger partial charge < -0.3 is 10.4 Å². The highest BCUT2D eigenvalue weighted by Gasteiger charge is 2.33. The summed E-state index contributed by atoms with van der Waals surface area (Å²) >= 11 is 0. The molecule has 5 heteroatoms. The number of carbonyl (C=O) groups is 2. The van der Waals surface area contributed by atoms with Gasteiger partial charge in [-0.1, -0.05) is 38.1 Å². The standard InChI is InChI=1S/C16H22N2O3/c1-11(2)9-17-14(19)10-18-8-7-12-5-3-4-6-13(12)15(18)16(20)21/h3-6,11,15H,7-10H2,1-2H3,(H,17,19)(H,20,21). The number of carbonyl (C=O) groups excluding carboxylic acids is 1. The molecule has 1 amide bonds. The zero-order chi connectivity index (χ0) is 15.4. The van der Waals surface area contributed by atoms with E-state index >= 15 is 0 Å². The molecule has 114 valence electrons. The van der Waals surface area contributed by atoms with Gasteiger partial charge in [0.2, 0.25) is 5.91 Å². The molecule has 2 N–H and O–H groups in total. The third-order valence-electron chi connectivity index (χ3n) is 3.67. The molecule has 0 saturated heterocycles. The Hall–Kier alpha value is -1.88. The maximum atomic E-state index is 12.0. The summed E-state index contributed by atoms with van der Waals surface area (Å²) in [5.41, 5.74) is 1.86. The Kier molecular flexibility index (Phi) is 4.96. The van der Waals surface area contributed by atoms with E-state index in [1.54, 1.807) is 4.90 Å². The van der Waals surface area contributed by atoms with Crippen molar-refractivity contribution in [1.29, 1.82) is 0 Å². The second-order valence-electron chi connectivity index (χ2n) is 5.86. The molecule has 1 heterocycles. The van der Waals surface area contributed by atoms with Crippen LogP contribution in [0.15, 0.2) is 24.3 Å². The summed E-state index contributed by atoms with van der Waals surface area (Å²) in [7, 11) is 0. The van der Waals surface area contributed by atoms with Crippen LogP contribution in [-0.4, -0.2) is 41.5 Å². The van der Waals surface area contributed by atoms with Crippen molar-refractivity contribution < 1.29 is 14.7 Å². The molecule has 0 spiro atoms. The number of benzene rings is 1. The van der Waals surface area contributed by atoms with Crippen LogP contribution in [0.5, 0.6) is 0 Å². The van der Waals surface area contributed by atoms with Crippen molar-refractivity contribution in [2.75, 3.05) is 19.6 Å². The number of nitrogens with one attached hydrogen (secondary N) is 1. The number of rotatable bonds is 5. The van der Waals surface area contributed by atoms with Gasteiger partial charge in [-0.15, -0.1) is 0 Å². The summed E-state index contributed by atoms with van der Waals surface area (Å²) in [5, 5.41) is 12.4. The monoisotopic (exact) mass is 290 g/mol. The smallest absolute Gasteiger partial charge is 0.325 e. The number of nitrogens with zero attached hydrogens (tertiary/aromatic N) is 1. The first-order valence-electron chi connectivity index (χ1n) is 7.30. The van der Waals surface area contributed by atoms with Gasteiger partial charge in [-0.2, -0.15) is 0 Å². The molecular weight excluding hydrogens is 268 g/mol. The van der Waals surface area contributed by atoms with E-state index < -0.39 is 12.0 Å². The van der Waals surface area contributed by atoms with E-state index in [-0.39, 0.29) is 12.5 Å². The van der Waals surface area contributed by atoms with Gasteiger partial charge in [0.15, 0.2) is 0 Å². The number of hydrogen-bond acceptors (Lipinski definition) is 3. The molecule has 0 saturated carbocycles. The molecule has 0 aliphatic carbocycles. The highest BCUT2D eigenvalue weighted by atomic mass is 16.4. The molecule has 1 aromatic carbocycles. The number of hydrogen-bond donors (Lipinski definition) is 2. The van der Waals surface area contributed by atoms with Crippen LogP contribution in [0.2, 0.25) is 0 Å². The lowest BCUT2D eigenvalue weighted by atomic mass is 9.92. The number of aliphatic carboxylic acids is 1. The Labute approximate surface area is 125 Å². The molecule has 1 aliphatic rings. The minimum Gasteiger partial charge on any atom is -0.480 e. The van der Waals surface area contributed by atoms with E-state index in [9.17, 15) is 14.7 Å². The molecule has 1 aliphatic heterocycles. The molecule has 1 unspecified atom stereocenters. The highest BCUT2D eigenvalue weighted by Crippen LogP contribution is 2.29. The Morgan fingerprint density at radius 3 is 2.76 bits per heavy atom. The zero-order valence-corrected chi connectivity index (χ0v) is 12.5. The van der Waals surface area contributed by atoms with Crippen molar-refractivity contribution >= 4 is 11.9 Å². The first-order valence-corrected chi connectivity index (χ1v) is 7.30. The maximum absolute atomic E-state index is 12.0. The van der Waals surface area contributed by atoms with Crippen LogP contribution in [0.4, 0.5) is 0 Å². The summed E-state index contributed by atoms with van der Waals surface area (Å²) in [6, 6.07) is 6.83. The summed E-state index contributed by atoms with van der Waals surface area (Å²) in [6.45, 7) is 5.37. The summed E-state index contributed by atoms with van der Waals surface area (Å²) in [5.74, 6) is -0.639. The van der Waals surface area contributed by atoms with Crippen molar-refractivity contribution in [3.8, 4) is 0 Å². The average molecular weight is 290 g/mol. The Morgan fingerprint density at radius 2 is 2.10 bits per heavy atom. The topological polar surface area (TPSA) is 69.6 Å². The molecule has 0 fully saturated rings. The Balaban J connectivity index is 2.10. The summed E-state index contributed by atoms with van der Waals surface area (Å²) in [6.07, 6.45) is 0.775. The third-order valence-corrected chi connectivity index (χ3v) is 3.67. The van der Waals surface area contributed by atoms with Crippen molar-refractivity contribution in [3.63, 3.8) is 0 Å². The Bertz CT molecular complexity index is 528. The lowest BCUT2D eigenvalue weighted by molar-refractivity contribution is -0.144. The van der Waals surface area contributed by atoms with Crippen LogP contribution in [0.3, 0.4) is 0 Å². The summed E-state index contributed by atoms with van der Waals surface area (Å²) < 4.78 is 0. The van der Waals surface area contributed by atoms with E-state index in [2.05, 4.69) is 5.32 Å². The SMILES string of the molecule is CC(C)CNC(=O)CN1CCc2ccccc2C1C(=O)O. The molecule has 0 bridgehead atoms. The van der Waals surface area contributed by atoms with Crippen molar-refractivity contribution in [3.05, 3.63) is 35.4 Å². The molecule has 21 heavy (non-hydrogen) atoms. The van der Waals surface area contributed by atoms with Gasteiger partial charge in [0, 0.05) is 13.1 Å². The third kappa shape index (κ3) is 3.82. The second kappa shape index (κ2) is 6.72. The van der Waals surface area contributed by atoms with Crippen LogP contribution in [0, 0.1) is 5.92 Å². The molecular formula is C16H22N2O3. The van der Waals surface area contributed by atoms with E-state index in [1.807, 2.05) is 38.1 Å². The Morgan fingerprint density at radius 1 is 1.38 bits per heavy atom. The van der Waals surface area contributed by atoms with Crippen LogP contribution < -0.4 is 5.32 Å². The number of amides is 1. The molecule has 0 radical (unpaired) electrons. The second-order valence-corrected chi connectivity index (χ2v) is 5.86. The lowest BCUT2D eigenvalue weighted by Crippen LogP contribution is -2.45. The van der Waals surface area contributed by atoms with E-state index in [0.717, 1.165) is 17.5 Å². The minimum atomic E-state index is -0.904. The van der Waals surface area contributed by atoms with E-state index in [0.29, 0.717) is 19.0 Å². The first kappa shape index (κ1) is 15.5. The van der Waals surface area contributed by atoms with Crippen LogP contribution in [0.25, 0.3) is 0 Å². The first-order chi connectivity index (χ1) is 9.99. The number of fused-ring (bicyclic) bond motifs is 1. The van der Waals surface area contributed by atoms with Crippen molar-refractivity contribution in [2.24, 2.45) is 5.92 Å². The quantitative estimate of drug-likeness (QED) is 0.861. The summed E-state index contributed by atoms with van der Waals surface area (Å²) in [4.78, 5) is 25.3. The fourth-order valence-corrected chi connectivity index (χ4v) is 2.64. The van der Waals surface area contributed by atoms with Gasteiger partial charge in [0.1, 0.15) is 6.04 Å². The largest absolute Gasteiger partial charge is 0.480 e. The number of carboxylic acid groups (broad SMARTS) is 1. The highest BCUT2D eigenvalue weighted by molar-refractivity contribution is 5.81. The van der Waals surface area contributed by atoms with Crippen LogP contribution >= 0.6 is 0 Å². The fourth-order valence-electron chi connectivity index (χ4n) is 2.64. The van der Waals surface area contributed by atoms with E-state index in [4.69, 9.17) is 0 Å². The molecule has 5 nitrogen and oxygen atoms in total. The normalized spacial score (nSPS) is 18.3.